The predicted molar refractivity (Wildman–Crippen MR) is 120 cm³/mol. The van der Waals surface area contributed by atoms with Crippen LogP contribution in [0.4, 0.5) is 0 Å². The van der Waals surface area contributed by atoms with Crippen LogP contribution in [0.15, 0.2) is 61.2 Å². The maximum absolute atomic E-state index is 12.8. The summed E-state index contributed by atoms with van der Waals surface area (Å²) in [6.45, 7) is 2.05. The SMILES string of the molecule is CC(c1ccc(-n2cncn2)cc1)N(C)C(=O)CCc1cccc(OC2CCCC2)c1. The summed E-state index contributed by atoms with van der Waals surface area (Å²) in [5.74, 6) is 1.06. The van der Waals surface area contributed by atoms with Crippen molar-refractivity contribution in [1.29, 1.82) is 0 Å². The molecule has 6 nitrogen and oxygen atoms in total. The van der Waals surface area contributed by atoms with Crippen LogP contribution in [0.25, 0.3) is 5.69 Å². The number of carbonyl (C=O) groups is 1. The lowest BCUT2D eigenvalue weighted by molar-refractivity contribution is -0.131. The highest BCUT2D eigenvalue weighted by Crippen LogP contribution is 2.25. The van der Waals surface area contributed by atoms with Crippen LogP contribution in [0.1, 0.15) is 56.2 Å². The summed E-state index contributed by atoms with van der Waals surface area (Å²) in [6.07, 6.45) is 9.52. The number of nitrogens with zero attached hydrogens (tertiary/aromatic N) is 4. The lowest BCUT2D eigenvalue weighted by atomic mass is 10.0. The van der Waals surface area contributed by atoms with Gasteiger partial charge >= 0.3 is 0 Å². The van der Waals surface area contributed by atoms with E-state index in [0.29, 0.717) is 18.9 Å². The van der Waals surface area contributed by atoms with E-state index in [4.69, 9.17) is 4.74 Å². The van der Waals surface area contributed by atoms with Gasteiger partial charge in [0, 0.05) is 13.5 Å². The van der Waals surface area contributed by atoms with Crippen LogP contribution in [-0.4, -0.2) is 38.7 Å². The fraction of sp³-hybridized carbons (Fsp3) is 0.400. The largest absolute Gasteiger partial charge is 0.490 e. The zero-order valence-electron chi connectivity index (χ0n) is 18.3. The Morgan fingerprint density at radius 3 is 2.68 bits per heavy atom. The standard InChI is InChI=1S/C25H30N4O2/c1-19(21-11-13-22(14-12-21)29-18-26-17-27-29)28(2)25(30)15-10-20-6-5-9-24(16-20)31-23-7-3-4-8-23/h5-6,9,11-14,16-19,23H,3-4,7-8,10,15H2,1-2H3. The normalized spacial score (nSPS) is 15.0. The second-order valence-corrected chi connectivity index (χ2v) is 8.28. The lowest BCUT2D eigenvalue weighted by Gasteiger charge is -2.25. The second kappa shape index (κ2) is 9.77. The monoisotopic (exact) mass is 418 g/mol. The molecule has 1 saturated carbocycles. The summed E-state index contributed by atoms with van der Waals surface area (Å²) in [5, 5.41) is 4.14. The molecule has 1 atom stereocenters. The molecule has 0 saturated heterocycles. The quantitative estimate of drug-likeness (QED) is 0.530. The van der Waals surface area contributed by atoms with Gasteiger partial charge in [0.25, 0.3) is 0 Å². The van der Waals surface area contributed by atoms with Crippen LogP contribution in [0, 0.1) is 0 Å². The highest BCUT2D eigenvalue weighted by Gasteiger charge is 2.18. The van der Waals surface area contributed by atoms with Crippen LogP contribution < -0.4 is 4.74 Å². The van der Waals surface area contributed by atoms with Crippen molar-refractivity contribution < 1.29 is 9.53 Å². The smallest absolute Gasteiger partial charge is 0.223 e. The van der Waals surface area contributed by atoms with E-state index in [-0.39, 0.29) is 11.9 Å². The Bertz CT molecular complexity index is 979. The first kappa shape index (κ1) is 21.1. The van der Waals surface area contributed by atoms with Gasteiger partial charge in [-0.3, -0.25) is 4.79 Å². The maximum Gasteiger partial charge on any atom is 0.223 e. The van der Waals surface area contributed by atoms with Gasteiger partial charge in [0.2, 0.25) is 5.91 Å². The minimum absolute atomic E-state index is 0.00525. The van der Waals surface area contributed by atoms with Crippen molar-refractivity contribution in [3.8, 4) is 11.4 Å². The Morgan fingerprint density at radius 2 is 1.97 bits per heavy atom. The van der Waals surface area contributed by atoms with Crippen molar-refractivity contribution in [2.24, 2.45) is 0 Å². The molecule has 1 aliphatic rings. The maximum atomic E-state index is 12.8. The van der Waals surface area contributed by atoms with E-state index in [0.717, 1.165) is 35.4 Å². The van der Waals surface area contributed by atoms with E-state index in [1.54, 1.807) is 11.0 Å². The van der Waals surface area contributed by atoms with Crippen molar-refractivity contribution in [3.05, 3.63) is 72.3 Å². The van der Waals surface area contributed by atoms with Crippen LogP contribution in [0.5, 0.6) is 5.75 Å². The zero-order valence-corrected chi connectivity index (χ0v) is 18.3. The molecule has 1 unspecified atom stereocenters. The van der Waals surface area contributed by atoms with Gasteiger partial charge in [0.15, 0.2) is 0 Å². The van der Waals surface area contributed by atoms with Crippen molar-refractivity contribution in [2.75, 3.05) is 7.05 Å². The van der Waals surface area contributed by atoms with Gasteiger partial charge in [0.05, 0.1) is 17.8 Å². The lowest BCUT2D eigenvalue weighted by Crippen LogP contribution is -2.29. The molecule has 1 fully saturated rings. The number of aromatic nitrogens is 3. The van der Waals surface area contributed by atoms with Gasteiger partial charge in [-0.15, -0.1) is 0 Å². The molecule has 0 spiro atoms. The molecule has 162 valence electrons. The summed E-state index contributed by atoms with van der Waals surface area (Å²) in [7, 11) is 1.87. The minimum Gasteiger partial charge on any atom is -0.490 e. The second-order valence-electron chi connectivity index (χ2n) is 8.28. The number of hydrogen-bond acceptors (Lipinski definition) is 4. The molecule has 1 aliphatic carbocycles. The molecular formula is C25H30N4O2. The van der Waals surface area contributed by atoms with Crippen molar-refractivity contribution in [3.63, 3.8) is 0 Å². The fourth-order valence-corrected chi connectivity index (χ4v) is 4.09. The molecule has 2 aromatic carbocycles. The third kappa shape index (κ3) is 5.32. The van der Waals surface area contributed by atoms with Gasteiger partial charge in [-0.05, 0) is 74.4 Å². The van der Waals surface area contributed by atoms with E-state index in [1.165, 1.54) is 19.2 Å². The Balaban J connectivity index is 1.32. The number of carbonyl (C=O) groups excluding carboxylic acids is 1. The van der Waals surface area contributed by atoms with Crippen LogP contribution >= 0.6 is 0 Å². The van der Waals surface area contributed by atoms with Gasteiger partial charge in [-0.2, -0.15) is 5.10 Å². The first-order valence-electron chi connectivity index (χ1n) is 11.1. The Hall–Kier alpha value is -3.15. The number of benzene rings is 2. The van der Waals surface area contributed by atoms with E-state index in [2.05, 4.69) is 29.1 Å². The van der Waals surface area contributed by atoms with Crippen molar-refractivity contribution in [2.45, 2.75) is 57.6 Å². The van der Waals surface area contributed by atoms with Gasteiger partial charge in [-0.1, -0.05) is 24.3 Å². The molecule has 0 N–H and O–H groups in total. The predicted octanol–water partition coefficient (Wildman–Crippen LogP) is 4.74. The number of ether oxygens (including phenoxy) is 1. The highest BCUT2D eigenvalue weighted by atomic mass is 16.5. The first-order chi connectivity index (χ1) is 15.1. The van der Waals surface area contributed by atoms with Crippen molar-refractivity contribution >= 4 is 5.91 Å². The topological polar surface area (TPSA) is 60.2 Å². The molecule has 4 rings (SSSR count). The van der Waals surface area contributed by atoms with Gasteiger partial charge in [0.1, 0.15) is 18.4 Å². The molecule has 0 radical (unpaired) electrons. The molecule has 0 aliphatic heterocycles. The van der Waals surface area contributed by atoms with Gasteiger partial charge in [-0.25, -0.2) is 9.67 Å². The van der Waals surface area contributed by atoms with Gasteiger partial charge < -0.3 is 9.64 Å². The molecule has 3 aromatic rings. The molecule has 1 aromatic heterocycles. The van der Waals surface area contributed by atoms with Crippen LogP contribution in [0.2, 0.25) is 0 Å². The molecular weight excluding hydrogens is 388 g/mol. The number of aryl methyl sites for hydroxylation is 1. The molecule has 1 amide bonds. The summed E-state index contributed by atoms with van der Waals surface area (Å²) in [5.41, 5.74) is 3.18. The molecule has 1 heterocycles. The molecule has 31 heavy (non-hydrogen) atoms. The summed E-state index contributed by atoms with van der Waals surface area (Å²) in [4.78, 5) is 18.6. The number of hydrogen-bond donors (Lipinski definition) is 0. The summed E-state index contributed by atoms with van der Waals surface area (Å²) < 4.78 is 7.81. The summed E-state index contributed by atoms with van der Waals surface area (Å²) in [6, 6.07) is 16.2. The molecule has 6 heteroatoms. The van der Waals surface area contributed by atoms with E-state index < -0.39 is 0 Å². The van der Waals surface area contributed by atoms with Crippen LogP contribution in [-0.2, 0) is 11.2 Å². The third-order valence-electron chi connectivity index (χ3n) is 6.16. The fourth-order valence-electron chi connectivity index (χ4n) is 4.09. The molecule has 0 bridgehead atoms. The van der Waals surface area contributed by atoms with E-state index >= 15 is 0 Å². The Kier molecular flexibility index (Phi) is 6.65. The third-order valence-corrected chi connectivity index (χ3v) is 6.16. The van der Waals surface area contributed by atoms with Crippen molar-refractivity contribution in [1.82, 2.24) is 19.7 Å². The Labute approximate surface area is 183 Å². The summed E-state index contributed by atoms with van der Waals surface area (Å²) >= 11 is 0. The number of rotatable bonds is 8. The van der Waals surface area contributed by atoms with E-state index in [1.807, 2.05) is 48.3 Å². The van der Waals surface area contributed by atoms with E-state index in [9.17, 15) is 4.79 Å². The Morgan fingerprint density at radius 1 is 1.19 bits per heavy atom. The average Bonchev–Trinajstić information content (AvgIpc) is 3.51. The number of amides is 1. The average molecular weight is 419 g/mol. The zero-order chi connectivity index (χ0) is 21.6. The highest BCUT2D eigenvalue weighted by molar-refractivity contribution is 5.76. The van der Waals surface area contributed by atoms with Crippen LogP contribution in [0.3, 0.4) is 0 Å². The minimum atomic E-state index is -0.00525. The first-order valence-corrected chi connectivity index (χ1v) is 11.1.